The van der Waals surface area contributed by atoms with Crippen LogP contribution in [0.4, 0.5) is 0 Å². The normalized spacial score (nSPS) is 29.4. The van der Waals surface area contributed by atoms with E-state index >= 15 is 0 Å². The highest BCUT2D eigenvalue weighted by molar-refractivity contribution is 7.90. The highest BCUT2D eigenvalue weighted by Gasteiger charge is 2.25. The molecule has 1 rings (SSSR count). The third kappa shape index (κ3) is 3.99. The number of sulfone groups is 1. The summed E-state index contributed by atoms with van der Waals surface area (Å²) in [6.07, 6.45) is 6.00. The van der Waals surface area contributed by atoms with Crippen LogP contribution in [0, 0.1) is 17.8 Å². The Morgan fingerprint density at radius 1 is 1.14 bits per heavy atom. The van der Waals surface area contributed by atoms with Crippen LogP contribution in [-0.4, -0.2) is 20.4 Å². The van der Waals surface area contributed by atoms with Crippen LogP contribution >= 0.6 is 0 Å². The summed E-state index contributed by atoms with van der Waals surface area (Å²) in [7, 11) is -2.76. The Balaban J connectivity index is 2.36. The van der Waals surface area contributed by atoms with Crippen molar-refractivity contribution in [3.05, 3.63) is 0 Å². The highest BCUT2D eigenvalue weighted by atomic mass is 32.2. The van der Waals surface area contributed by atoms with Crippen LogP contribution in [0.25, 0.3) is 0 Å². The van der Waals surface area contributed by atoms with Gasteiger partial charge in [0.05, 0.1) is 5.75 Å². The van der Waals surface area contributed by atoms with Gasteiger partial charge in [0.2, 0.25) is 0 Å². The lowest BCUT2D eigenvalue weighted by Crippen LogP contribution is -2.23. The summed E-state index contributed by atoms with van der Waals surface area (Å²) in [6, 6.07) is 0. The van der Waals surface area contributed by atoms with Gasteiger partial charge in [0.25, 0.3) is 0 Å². The van der Waals surface area contributed by atoms with Gasteiger partial charge in [0.1, 0.15) is 9.84 Å². The van der Waals surface area contributed by atoms with Crippen molar-refractivity contribution in [2.45, 2.75) is 39.5 Å². The van der Waals surface area contributed by atoms with Crippen LogP contribution in [0.15, 0.2) is 0 Å². The predicted molar refractivity (Wildman–Crippen MR) is 60.0 cm³/mol. The van der Waals surface area contributed by atoms with Crippen molar-refractivity contribution in [2.24, 2.45) is 17.8 Å². The van der Waals surface area contributed by atoms with Gasteiger partial charge in [-0.2, -0.15) is 0 Å². The molecule has 3 heteroatoms. The first-order valence-corrected chi connectivity index (χ1v) is 7.62. The average Bonchev–Trinajstić information content (AvgIpc) is 2.02. The molecular weight excluding hydrogens is 196 g/mol. The zero-order valence-electron chi connectivity index (χ0n) is 9.49. The summed E-state index contributed by atoms with van der Waals surface area (Å²) in [5.41, 5.74) is 0. The highest BCUT2D eigenvalue weighted by Crippen LogP contribution is 2.33. The summed E-state index contributed by atoms with van der Waals surface area (Å²) in [5, 5.41) is 0. The maximum atomic E-state index is 11.1. The van der Waals surface area contributed by atoms with Gasteiger partial charge in [-0.25, -0.2) is 8.42 Å². The lowest BCUT2D eigenvalue weighted by Gasteiger charge is -2.30. The SMILES string of the molecule is CC(C)[C@H]1CC[C@H](CS(C)(=O)=O)CC1. The first-order valence-electron chi connectivity index (χ1n) is 5.56. The Kier molecular flexibility index (Phi) is 3.99. The number of rotatable bonds is 3. The molecule has 1 aliphatic carbocycles. The van der Waals surface area contributed by atoms with Crippen molar-refractivity contribution >= 4 is 9.84 Å². The fourth-order valence-electron chi connectivity index (χ4n) is 2.45. The van der Waals surface area contributed by atoms with E-state index in [4.69, 9.17) is 0 Å². The van der Waals surface area contributed by atoms with Gasteiger partial charge in [-0.3, -0.25) is 0 Å². The summed E-state index contributed by atoms with van der Waals surface area (Å²) in [6.45, 7) is 4.53. The van der Waals surface area contributed by atoms with Crippen LogP contribution in [0.1, 0.15) is 39.5 Å². The molecule has 0 unspecified atom stereocenters. The van der Waals surface area contributed by atoms with Crippen molar-refractivity contribution in [1.82, 2.24) is 0 Å². The fourth-order valence-corrected chi connectivity index (χ4v) is 3.64. The van der Waals surface area contributed by atoms with E-state index in [-0.39, 0.29) is 0 Å². The van der Waals surface area contributed by atoms with E-state index in [9.17, 15) is 8.42 Å². The second kappa shape index (κ2) is 4.65. The molecule has 1 fully saturated rings. The minimum Gasteiger partial charge on any atom is -0.229 e. The monoisotopic (exact) mass is 218 g/mol. The third-order valence-corrected chi connectivity index (χ3v) is 4.45. The molecule has 0 N–H and O–H groups in total. The molecule has 0 heterocycles. The zero-order chi connectivity index (χ0) is 10.8. The Labute approximate surface area is 88.0 Å². The molecule has 1 aliphatic rings. The fraction of sp³-hybridized carbons (Fsp3) is 1.00. The van der Waals surface area contributed by atoms with Crippen molar-refractivity contribution in [3.8, 4) is 0 Å². The average molecular weight is 218 g/mol. The van der Waals surface area contributed by atoms with E-state index in [0.29, 0.717) is 11.7 Å². The van der Waals surface area contributed by atoms with Crippen molar-refractivity contribution in [3.63, 3.8) is 0 Å². The molecule has 0 saturated heterocycles. The molecule has 1 saturated carbocycles. The summed E-state index contributed by atoms with van der Waals surface area (Å²) in [5.74, 6) is 2.41. The molecule has 0 spiro atoms. The quantitative estimate of drug-likeness (QED) is 0.729. The maximum Gasteiger partial charge on any atom is 0.147 e. The summed E-state index contributed by atoms with van der Waals surface area (Å²) < 4.78 is 22.2. The molecule has 0 atom stereocenters. The maximum absolute atomic E-state index is 11.1. The zero-order valence-corrected chi connectivity index (χ0v) is 10.3. The second-order valence-corrected chi connectivity index (χ2v) is 7.30. The van der Waals surface area contributed by atoms with Gasteiger partial charge in [-0.15, -0.1) is 0 Å². The van der Waals surface area contributed by atoms with E-state index in [1.165, 1.54) is 19.1 Å². The van der Waals surface area contributed by atoms with Gasteiger partial charge in [-0.05, 0) is 43.4 Å². The lowest BCUT2D eigenvalue weighted by atomic mass is 9.78. The molecule has 0 aromatic carbocycles. The molecular formula is C11H22O2S. The molecule has 0 bridgehead atoms. The topological polar surface area (TPSA) is 34.1 Å². The molecule has 84 valence electrons. The number of hydrogen-bond acceptors (Lipinski definition) is 2. The van der Waals surface area contributed by atoms with Crippen LogP contribution in [0.2, 0.25) is 0 Å². The Bertz CT molecular complexity index is 259. The summed E-state index contributed by atoms with van der Waals surface area (Å²) in [4.78, 5) is 0. The van der Waals surface area contributed by atoms with Gasteiger partial charge < -0.3 is 0 Å². The Morgan fingerprint density at radius 2 is 1.64 bits per heavy atom. The van der Waals surface area contributed by atoms with E-state index in [2.05, 4.69) is 13.8 Å². The van der Waals surface area contributed by atoms with Gasteiger partial charge >= 0.3 is 0 Å². The van der Waals surface area contributed by atoms with Crippen LogP contribution in [0.3, 0.4) is 0 Å². The first kappa shape index (κ1) is 12.0. The standard InChI is InChI=1S/C11H22O2S/c1-9(2)11-6-4-10(5-7-11)8-14(3,12)13/h9-11H,4-8H2,1-3H3/t10-,11-. The van der Waals surface area contributed by atoms with Crippen LogP contribution in [-0.2, 0) is 9.84 Å². The minimum atomic E-state index is -2.76. The number of hydrogen-bond donors (Lipinski definition) is 0. The van der Waals surface area contributed by atoms with Crippen molar-refractivity contribution in [1.29, 1.82) is 0 Å². The van der Waals surface area contributed by atoms with Crippen LogP contribution in [0.5, 0.6) is 0 Å². The van der Waals surface area contributed by atoms with Crippen molar-refractivity contribution < 1.29 is 8.42 Å². The van der Waals surface area contributed by atoms with Gasteiger partial charge in [-0.1, -0.05) is 13.8 Å². The Morgan fingerprint density at radius 3 is 2.00 bits per heavy atom. The van der Waals surface area contributed by atoms with Crippen molar-refractivity contribution in [2.75, 3.05) is 12.0 Å². The smallest absolute Gasteiger partial charge is 0.147 e. The van der Waals surface area contributed by atoms with Gasteiger partial charge in [0, 0.05) is 6.26 Å². The van der Waals surface area contributed by atoms with E-state index in [1.807, 2.05) is 0 Å². The molecule has 2 nitrogen and oxygen atoms in total. The molecule has 0 aromatic heterocycles. The lowest BCUT2D eigenvalue weighted by molar-refractivity contribution is 0.235. The third-order valence-electron chi connectivity index (χ3n) is 3.37. The molecule has 0 amide bonds. The molecule has 14 heavy (non-hydrogen) atoms. The Hall–Kier alpha value is -0.0500. The predicted octanol–water partition coefficient (Wildman–Crippen LogP) is 2.49. The second-order valence-electron chi connectivity index (χ2n) is 5.12. The first-order chi connectivity index (χ1) is 6.38. The largest absolute Gasteiger partial charge is 0.229 e. The van der Waals surface area contributed by atoms with E-state index in [0.717, 1.165) is 24.7 Å². The molecule has 0 radical (unpaired) electrons. The van der Waals surface area contributed by atoms with E-state index in [1.54, 1.807) is 0 Å². The molecule has 0 aromatic rings. The molecule has 0 aliphatic heterocycles. The summed E-state index contributed by atoms with van der Waals surface area (Å²) >= 11 is 0. The van der Waals surface area contributed by atoms with Gasteiger partial charge in [0.15, 0.2) is 0 Å². The van der Waals surface area contributed by atoms with E-state index < -0.39 is 9.84 Å². The van der Waals surface area contributed by atoms with Crippen LogP contribution < -0.4 is 0 Å². The minimum absolute atomic E-state index is 0.401.